The highest BCUT2D eigenvalue weighted by Gasteiger charge is 2.24. The highest BCUT2D eigenvalue weighted by molar-refractivity contribution is 8.93. The van der Waals surface area contributed by atoms with Gasteiger partial charge < -0.3 is 10.2 Å². The van der Waals surface area contributed by atoms with Crippen LogP contribution >= 0.6 is 17.0 Å². The third kappa shape index (κ3) is 3.70. The molecule has 1 saturated heterocycles. The van der Waals surface area contributed by atoms with E-state index < -0.39 is 0 Å². The van der Waals surface area contributed by atoms with Gasteiger partial charge in [0.15, 0.2) is 17.3 Å². The highest BCUT2D eigenvalue weighted by atomic mass is 79.9. The molecule has 1 aromatic carbocycles. The first-order chi connectivity index (χ1) is 8.59. The minimum absolute atomic E-state index is 0. The second kappa shape index (κ2) is 6.91. The van der Waals surface area contributed by atoms with Gasteiger partial charge in [0.2, 0.25) is 0 Å². The molecule has 1 heterocycles. The molecule has 106 valence electrons. The number of likely N-dealkylation sites (tertiary alicyclic amines) is 1. The Morgan fingerprint density at radius 3 is 2.37 bits per heavy atom. The van der Waals surface area contributed by atoms with Crippen LogP contribution in [0.25, 0.3) is 0 Å². The summed E-state index contributed by atoms with van der Waals surface area (Å²) < 4.78 is 0. The molecule has 1 aliphatic heterocycles. The van der Waals surface area contributed by atoms with Crippen LogP contribution in [0.3, 0.4) is 0 Å². The molecule has 0 bridgehead atoms. The molecule has 1 unspecified atom stereocenters. The van der Waals surface area contributed by atoms with Gasteiger partial charge in [-0.1, -0.05) is 6.42 Å². The molecule has 2 rings (SSSR count). The lowest BCUT2D eigenvalue weighted by Crippen LogP contribution is -2.42. The number of Topliss-reactive ketones (excluding diaryl/α,β-unsaturated/α-hetero) is 1. The fourth-order valence-corrected chi connectivity index (χ4v) is 2.39. The molecule has 4 nitrogen and oxygen atoms in total. The number of carbonyl (C=O) groups excluding carboxylic acids is 1. The van der Waals surface area contributed by atoms with Gasteiger partial charge in [-0.3, -0.25) is 9.69 Å². The number of hydrogen-bond donors (Lipinski definition) is 2. The number of rotatable bonds is 3. The van der Waals surface area contributed by atoms with Gasteiger partial charge >= 0.3 is 0 Å². The summed E-state index contributed by atoms with van der Waals surface area (Å²) in [6, 6.07) is 4.07. The molecular formula is C14H20BrNO3. The number of benzene rings is 1. The van der Waals surface area contributed by atoms with E-state index in [-0.39, 0.29) is 40.3 Å². The third-order valence-corrected chi connectivity index (χ3v) is 3.58. The first-order valence-corrected chi connectivity index (χ1v) is 6.40. The number of hydrogen-bond acceptors (Lipinski definition) is 4. The highest BCUT2D eigenvalue weighted by Crippen LogP contribution is 2.26. The largest absolute Gasteiger partial charge is 0.504 e. The van der Waals surface area contributed by atoms with E-state index >= 15 is 0 Å². The average Bonchev–Trinajstić information content (AvgIpc) is 2.41. The fourth-order valence-electron chi connectivity index (χ4n) is 2.39. The molecule has 0 saturated carbocycles. The lowest BCUT2D eigenvalue weighted by atomic mass is 10.0. The predicted octanol–water partition coefficient (Wildman–Crippen LogP) is 2.73. The summed E-state index contributed by atoms with van der Waals surface area (Å²) >= 11 is 0. The molecule has 0 radical (unpaired) electrons. The number of nitrogens with zero attached hydrogens (tertiary/aromatic N) is 1. The molecule has 0 amide bonds. The average molecular weight is 330 g/mol. The van der Waals surface area contributed by atoms with E-state index in [9.17, 15) is 15.0 Å². The molecule has 5 heteroatoms. The Morgan fingerprint density at radius 2 is 1.79 bits per heavy atom. The van der Waals surface area contributed by atoms with E-state index in [4.69, 9.17) is 0 Å². The summed E-state index contributed by atoms with van der Waals surface area (Å²) in [4.78, 5) is 14.4. The maximum atomic E-state index is 12.3. The van der Waals surface area contributed by atoms with Crippen LogP contribution in [0.1, 0.15) is 36.5 Å². The number of halogens is 1. The SMILES string of the molecule is Br.CC(C(=O)c1ccc(O)c(O)c1)N1CCCCC1. The molecule has 2 N–H and O–H groups in total. The zero-order valence-corrected chi connectivity index (χ0v) is 12.7. The van der Waals surface area contributed by atoms with E-state index in [1.807, 2.05) is 6.92 Å². The van der Waals surface area contributed by atoms with Crippen LogP contribution in [0.5, 0.6) is 11.5 Å². The van der Waals surface area contributed by atoms with Crippen molar-refractivity contribution in [2.75, 3.05) is 13.1 Å². The normalized spacial score (nSPS) is 17.5. The van der Waals surface area contributed by atoms with Gasteiger partial charge in [-0.2, -0.15) is 0 Å². The number of phenols is 2. The maximum absolute atomic E-state index is 12.3. The van der Waals surface area contributed by atoms with Gasteiger partial charge in [0, 0.05) is 5.56 Å². The van der Waals surface area contributed by atoms with Gasteiger partial charge in [0.1, 0.15) is 0 Å². The van der Waals surface area contributed by atoms with E-state index in [1.54, 1.807) is 6.07 Å². The van der Waals surface area contributed by atoms with Gasteiger partial charge in [-0.05, 0) is 51.1 Å². The van der Waals surface area contributed by atoms with Crippen LogP contribution in [-0.4, -0.2) is 40.0 Å². The second-order valence-electron chi connectivity index (χ2n) is 4.84. The van der Waals surface area contributed by atoms with Crippen LogP contribution in [-0.2, 0) is 0 Å². The lowest BCUT2D eigenvalue weighted by molar-refractivity contribution is 0.0808. The molecule has 1 fully saturated rings. The Bertz CT molecular complexity index is 444. The van der Waals surface area contributed by atoms with Crippen molar-refractivity contribution in [2.45, 2.75) is 32.2 Å². The summed E-state index contributed by atoms with van der Waals surface area (Å²) in [5, 5.41) is 18.7. The van der Waals surface area contributed by atoms with E-state index in [0.29, 0.717) is 5.56 Å². The van der Waals surface area contributed by atoms with Crippen molar-refractivity contribution >= 4 is 22.8 Å². The summed E-state index contributed by atoms with van der Waals surface area (Å²) in [5.74, 6) is -0.448. The monoisotopic (exact) mass is 329 g/mol. The third-order valence-electron chi connectivity index (χ3n) is 3.58. The van der Waals surface area contributed by atoms with Crippen LogP contribution < -0.4 is 0 Å². The molecule has 0 aliphatic carbocycles. The van der Waals surface area contributed by atoms with Crippen molar-refractivity contribution in [1.82, 2.24) is 4.90 Å². The van der Waals surface area contributed by atoms with Crippen molar-refractivity contribution < 1.29 is 15.0 Å². The van der Waals surface area contributed by atoms with Crippen molar-refractivity contribution in [3.05, 3.63) is 23.8 Å². The summed E-state index contributed by atoms with van der Waals surface area (Å²) in [6.07, 6.45) is 3.51. The predicted molar refractivity (Wildman–Crippen MR) is 79.3 cm³/mol. The van der Waals surface area contributed by atoms with E-state index in [1.165, 1.54) is 18.6 Å². The Morgan fingerprint density at radius 1 is 1.16 bits per heavy atom. The number of ketones is 1. The van der Waals surface area contributed by atoms with Crippen molar-refractivity contribution in [3.8, 4) is 11.5 Å². The van der Waals surface area contributed by atoms with Gasteiger partial charge in [-0.15, -0.1) is 17.0 Å². The molecule has 19 heavy (non-hydrogen) atoms. The van der Waals surface area contributed by atoms with Crippen LogP contribution in [0.15, 0.2) is 18.2 Å². The number of piperidine rings is 1. The fraction of sp³-hybridized carbons (Fsp3) is 0.500. The summed E-state index contributed by atoms with van der Waals surface area (Å²) in [7, 11) is 0. The smallest absolute Gasteiger partial charge is 0.179 e. The van der Waals surface area contributed by atoms with Gasteiger partial charge in [0.05, 0.1) is 6.04 Å². The molecule has 0 aromatic heterocycles. The zero-order chi connectivity index (χ0) is 13.1. The Kier molecular flexibility index (Phi) is 5.82. The first-order valence-electron chi connectivity index (χ1n) is 6.40. The van der Waals surface area contributed by atoms with E-state index in [0.717, 1.165) is 25.9 Å². The minimum atomic E-state index is -0.244. The topological polar surface area (TPSA) is 60.8 Å². The quantitative estimate of drug-likeness (QED) is 0.661. The molecule has 1 aliphatic rings. The first kappa shape index (κ1) is 16.0. The van der Waals surface area contributed by atoms with Gasteiger partial charge in [-0.25, -0.2) is 0 Å². The molecular weight excluding hydrogens is 310 g/mol. The number of aromatic hydroxyl groups is 2. The Hall–Kier alpha value is -1.07. The van der Waals surface area contributed by atoms with E-state index in [2.05, 4.69) is 4.90 Å². The Balaban J connectivity index is 0.00000180. The summed E-state index contributed by atoms with van der Waals surface area (Å²) in [5.41, 5.74) is 0.448. The lowest BCUT2D eigenvalue weighted by Gasteiger charge is -2.31. The van der Waals surface area contributed by atoms with Gasteiger partial charge in [0.25, 0.3) is 0 Å². The molecule has 1 aromatic rings. The van der Waals surface area contributed by atoms with Crippen molar-refractivity contribution in [3.63, 3.8) is 0 Å². The number of phenolic OH excluding ortho intramolecular Hbond substituents is 2. The maximum Gasteiger partial charge on any atom is 0.179 e. The van der Waals surface area contributed by atoms with Crippen molar-refractivity contribution in [1.29, 1.82) is 0 Å². The Labute approximate surface area is 123 Å². The molecule has 0 spiro atoms. The summed E-state index contributed by atoms with van der Waals surface area (Å²) in [6.45, 7) is 3.81. The minimum Gasteiger partial charge on any atom is -0.504 e. The van der Waals surface area contributed by atoms with Crippen LogP contribution in [0.4, 0.5) is 0 Å². The van der Waals surface area contributed by atoms with Crippen molar-refractivity contribution in [2.24, 2.45) is 0 Å². The van der Waals surface area contributed by atoms with Crippen LogP contribution in [0.2, 0.25) is 0 Å². The second-order valence-corrected chi connectivity index (χ2v) is 4.84. The van der Waals surface area contributed by atoms with Crippen LogP contribution in [0, 0.1) is 0 Å². The standard InChI is InChI=1S/C14H19NO3.BrH/c1-10(15-7-3-2-4-8-15)14(18)11-5-6-12(16)13(17)9-11;/h5-6,9-10,16-17H,2-4,7-8H2,1H3;1H. The number of carbonyl (C=O) groups is 1. The molecule has 1 atom stereocenters. The zero-order valence-electron chi connectivity index (χ0n) is 11.0.